The molecule has 0 atom stereocenters. The molecule has 102 valence electrons. The summed E-state index contributed by atoms with van der Waals surface area (Å²) in [6, 6.07) is 1.58. The first kappa shape index (κ1) is 13.8. The molecule has 0 amide bonds. The van der Waals surface area contributed by atoms with Crippen LogP contribution in [0.2, 0.25) is 0 Å². The highest BCUT2D eigenvalue weighted by Gasteiger charge is 2.15. The van der Waals surface area contributed by atoms with Gasteiger partial charge >= 0.3 is 5.97 Å². The average molecular weight is 280 g/mol. The third-order valence-electron chi connectivity index (χ3n) is 2.72. The molecule has 19 heavy (non-hydrogen) atoms. The zero-order valence-corrected chi connectivity index (χ0v) is 12.0. The minimum Gasteiger partial charge on any atom is -0.478 e. The van der Waals surface area contributed by atoms with Crippen molar-refractivity contribution in [1.82, 2.24) is 9.88 Å². The van der Waals surface area contributed by atoms with E-state index >= 15 is 0 Å². The Morgan fingerprint density at radius 1 is 1.47 bits per heavy atom. The van der Waals surface area contributed by atoms with Crippen LogP contribution in [0.1, 0.15) is 32.6 Å². The first-order valence-corrected chi connectivity index (χ1v) is 6.76. The Balaban J connectivity index is 2.00. The maximum atomic E-state index is 10.9. The Kier molecular flexibility index (Phi) is 4.01. The van der Waals surface area contributed by atoms with Crippen LogP contribution in [0, 0.1) is 13.8 Å². The number of hydrogen-bond acceptors (Lipinski definition) is 5. The number of carboxylic acids is 1. The molecule has 2 rings (SSSR count). The van der Waals surface area contributed by atoms with Crippen molar-refractivity contribution in [3.8, 4) is 0 Å². The van der Waals surface area contributed by atoms with E-state index in [1.165, 1.54) is 0 Å². The molecular formula is C13H16N2O3S. The van der Waals surface area contributed by atoms with E-state index in [2.05, 4.69) is 4.98 Å². The highest BCUT2D eigenvalue weighted by atomic mass is 32.1. The summed E-state index contributed by atoms with van der Waals surface area (Å²) in [5.74, 6) is 0.148. The summed E-state index contributed by atoms with van der Waals surface area (Å²) < 4.78 is 5.45. The Morgan fingerprint density at radius 2 is 2.21 bits per heavy atom. The maximum absolute atomic E-state index is 10.9. The van der Waals surface area contributed by atoms with Crippen molar-refractivity contribution in [2.75, 3.05) is 7.05 Å². The quantitative estimate of drug-likeness (QED) is 0.912. The second kappa shape index (κ2) is 5.54. The Bertz CT molecular complexity index is 588. The molecule has 6 heteroatoms. The number of aromatic nitrogens is 1. The van der Waals surface area contributed by atoms with Crippen LogP contribution in [0.25, 0.3) is 0 Å². The van der Waals surface area contributed by atoms with Crippen molar-refractivity contribution < 1.29 is 14.3 Å². The van der Waals surface area contributed by atoms with Gasteiger partial charge in [0.1, 0.15) is 17.1 Å². The Hall–Kier alpha value is -1.66. The number of carboxylic acid groups (broad SMARTS) is 1. The molecule has 0 spiro atoms. The fraction of sp³-hybridized carbons (Fsp3) is 0.385. The molecule has 0 saturated carbocycles. The van der Waals surface area contributed by atoms with Gasteiger partial charge in [-0.05, 0) is 27.0 Å². The fourth-order valence-corrected chi connectivity index (χ4v) is 2.52. The van der Waals surface area contributed by atoms with Gasteiger partial charge in [-0.3, -0.25) is 4.90 Å². The summed E-state index contributed by atoms with van der Waals surface area (Å²) in [7, 11) is 1.95. The van der Waals surface area contributed by atoms with E-state index in [0.717, 1.165) is 10.7 Å². The maximum Gasteiger partial charge on any atom is 0.339 e. The van der Waals surface area contributed by atoms with Crippen LogP contribution in [0.5, 0.6) is 0 Å². The molecule has 2 aromatic heterocycles. The van der Waals surface area contributed by atoms with Gasteiger partial charge in [-0.1, -0.05) is 0 Å². The molecule has 0 radical (unpaired) electrons. The normalized spacial score (nSPS) is 11.2. The monoisotopic (exact) mass is 280 g/mol. The molecule has 0 fully saturated rings. The molecule has 0 aliphatic carbocycles. The number of aromatic carboxylic acids is 1. The minimum atomic E-state index is -0.953. The van der Waals surface area contributed by atoms with E-state index in [4.69, 9.17) is 9.52 Å². The molecular weight excluding hydrogens is 264 g/mol. The topological polar surface area (TPSA) is 66.6 Å². The molecule has 5 nitrogen and oxygen atoms in total. The molecule has 0 bridgehead atoms. The van der Waals surface area contributed by atoms with Crippen LogP contribution in [0.15, 0.2) is 15.9 Å². The number of nitrogens with zero attached hydrogens (tertiary/aromatic N) is 2. The van der Waals surface area contributed by atoms with Crippen LogP contribution < -0.4 is 0 Å². The number of thiazole rings is 1. The highest BCUT2D eigenvalue weighted by molar-refractivity contribution is 7.09. The molecule has 0 aliphatic rings. The van der Waals surface area contributed by atoms with Crippen molar-refractivity contribution >= 4 is 17.3 Å². The number of carbonyl (C=O) groups is 1. The van der Waals surface area contributed by atoms with E-state index in [0.29, 0.717) is 24.6 Å². The SMILES string of the molecule is Cc1nc(CN(C)Cc2cc(C(=O)O)c(C)o2)cs1. The average Bonchev–Trinajstić information content (AvgIpc) is 2.85. The molecule has 0 aromatic carbocycles. The standard InChI is InChI=1S/C13H16N2O3S/c1-8-12(13(16)17)4-11(18-8)6-15(3)5-10-7-19-9(2)14-10/h4,7H,5-6H2,1-3H3,(H,16,17). The van der Waals surface area contributed by atoms with Crippen LogP contribution in [-0.2, 0) is 13.1 Å². The molecule has 1 N–H and O–H groups in total. The zero-order chi connectivity index (χ0) is 14.0. The van der Waals surface area contributed by atoms with Crippen molar-refractivity contribution in [3.63, 3.8) is 0 Å². The summed E-state index contributed by atoms with van der Waals surface area (Å²) >= 11 is 1.62. The number of hydrogen-bond donors (Lipinski definition) is 1. The molecule has 0 unspecified atom stereocenters. The summed E-state index contributed by atoms with van der Waals surface area (Å²) in [5.41, 5.74) is 1.25. The van der Waals surface area contributed by atoms with Gasteiger partial charge in [0.05, 0.1) is 17.2 Å². The van der Waals surface area contributed by atoms with Gasteiger partial charge in [-0.2, -0.15) is 0 Å². The molecule has 0 aliphatic heterocycles. The van der Waals surface area contributed by atoms with Crippen LogP contribution in [0.3, 0.4) is 0 Å². The smallest absolute Gasteiger partial charge is 0.339 e. The second-order valence-corrected chi connectivity index (χ2v) is 5.58. The predicted octanol–water partition coefficient (Wildman–Crippen LogP) is 2.68. The summed E-state index contributed by atoms with van der Waals surface area (Å²) in [5, 5.41) is 12.0. The van der Waals surface area contributed by atoms with Crippen LogP contribution in [0.4, 0.5) is 0 Å². The Morgan fingerprint density at radius 3 is 2.74 bits per heavy atom. The molecule has 2 heterocycles. The second-order valence-electron chi connectivity index (χ2n) is 4.52. The number of furan rings is 1. The lowest BCUT2D eigenvalue weighted by atomic mass is 10.2. The molecule has 0 saturated heterocycles. The van der Waals surface area contributed by atoms with Gasteiger partial charge in [0.15, 0.2) is 0 Å². The zero-order valence-electron chi connectivity index (χ0n) is 11.1. The summed E-state index contributed by atoms with van der Waals surface area (Å²) in [6.45, 7) is 4.91. The first-order chi connectivity index (χ1) is 8.95. The van der Waals surface area contributed by atoms with Crippen molar-refractivity contribution in [3.05, 3.63) is 39.2 Å². The fourth-order valence-electron chi connectivity index (χ4n) is 1.91. The van der Waals surface area contributed by atoms with Crippen molar-refractivity contribution in [1.29, 1.82) is 0 Å². The number of rotatable bonds is 5. The van der Waals surface area contributed by atoms with Gasteiger partial charge in [-0.25, -0.2) is 9.78 Å². The summed E-state index contributed by atoms with van der Waals surface area (Å²) in [4.78, 5) is 17.4. The van der Waals surface area contributed by atoms with Gasteiger partial charge in [0.2, 0.25) is 0 Å². The van der Waals surface area contributed by atoms with Gasteiger partial charge in [0, 0.05) is 11.9 Å². The van der Waals surface area contributed by atoms with Crippen molar-refractivity contribution in [2.24, 2.45) is 0 Å². The van der Waals surface area contributed by atoms with Crippen LogP contribution >= 0.6 is 11.3 Å². The highest BCUT2D eigenvalue weighted by Crippen LogP contribution is 2.17. The van der Waals surface area contributed by atoms with E-state index in [-0.39, 0.29) is 5.56 Å². The van der Waals surface area contributed by atoms with Crippen LogP contribution in [-0.4, -0.2) is 28.0 Å². The van der Waals surface area contributed by atoms with E-state index in [9.17, 15) is 4.79 Å². The van der Waals surface area contributed by atoms with Gasteiger partial charge in [-0.15, -0.1) is 11.3 Å². The van der Waals surface area contributed by atoms with Crippen molar-refractivity contribution in [2.45, 2.75) is 26.9 Å². The predicted molar refractivity (Wildman–Crippen MR) is 72.4 cm³/mol. The van der Waals surface area contributed by atoms with E-state index in [1.54, 1.807) is 24.3 Å². The number of aryl methyl sites for hydroxylation is 2. The minimum absolute atomic E-state index is 0.230. The van der Waals surface area contributed by atoms with Gasteiger partial charge < -0.3 is 9.52 Å². The summed E-state index contributed by atoms with van der Waals surface area (Å²) in [6.07, 6.45) is 0. The Labute approximate surface area is 115 Å². The third-order valence-corrected chi connectivity index (χ3v) is 3.55. The lowest BCUT2D eigenvalue weighted by Gasteiger charge is -2.13. The van der Waals surface area contributed by atoms with Gasteiger partial charge in [0.25, 0.3) is 0 Å². The van der Waals surface area contributed by atoms with E-state index < -0.39 is 5.97 Å². The lowest BCUT2D eigenvalue weighted by molar-refractivity contribution is 0.0695. The lowest BCUT2D eigenvalue weighted by Crippen LogP contribution is -2.17. The largest absolute Gasteiger partial charge is 0.478 e. The first-order valence-electron chi connectivity index (χ1n) is 5.88. The molecule has 2 aromatic rings. The van der Waals surface area contributed by atoms with E-state index in [1.807, 2.05) is 24.3 Å². The third kappa shape index (κ3) is 3.42.